The highest BCUT2D eigenvalue weighted by Crippen LogP contribution is 2.58. The molecule has 0 aliphatic heterocycles. The Bertz CT molecular complexity index is 1320. The highest BCUT2D eigenvalue weighted by molar-refractivity contribution is 7.92. The van der Waals surface area contributed by atoms with E-state index in [2.05, 4.69) is 5.32 Å². The number of rotatable bonds is 6. The summed E-state index contributed by atoms with van der Waals surface area (Å²) in [6.45, 7) is 1.99. The predicted octanol–water partition coefficient (Wildman–Crippen LogP) is 4.58. The van der Waals surface area contributed by atoms with Crippen LogP contribution in [0, 0.1) is 35.3 Å². The summed E-state index contributed by atoms with van der Waals surface area (Å²) in [7, 11) is -3.98. The number of aliphatic hydroxyl groups excluding tert-OH is 1. The third-order valence-electron chi connectivity index (χ3n) is 8.31. The molecule has 3 N–H and O–H groups in total. The fourth-order valence-corrected chi connectivity index (χ4v) is 8.66. The van der Waals surface area contributed by atoms with Gasteiger partial charge in [0.25, 0.3) is 5.91 Å². The van der Waals surface area contributed by atoms with Gasteiger partial charge in [0.15, 0.2) is 21.5 Å². The van der Waals surface area contributed by atoms with E-state index in [0.29, 0.717) is 6.42 Å². The number of carbonyl (C=O) groups excluding carboxylic acids is 1. The van der Waals surface area contributed by atoms with Gasteiger partial charge in [-0.05, 0) is 86.1 Å². The van der Waals surface area contributed by atoms with Crippen LogP contribution < -0.4 is 5.32 Å². The van der Waals surface area contributed by atoms with Crippen molar-refractivity contribution in [2.45, 2.75) is 60.9 Å². The van der Waals surface area contributed by atoms with E-state index in [1.54, 1.807) is 0 Å². The number of hydrogen-bond acceptors (Lipinski definition) is 5. The number of carbonyl (C=O) groups is 1. The summed E-state index contributed by atoms with van der Waals surface area (Å²) in [6.07, 6.45) is 1.92. The lowest BCUT2D eigenvalue weighted by Crippen LogP contribution is -2.57. The SMILES string of the molecule is C[C@H]1CC2C[C@@H](S(=O)(=O)c3cc(C(=O)Nc4ccc(F)c(F)c4)ccc3Cl)CC1[C@@]2(O)C(O)C1CC1. The Kier molecular flexibility index (Phi) is 6.42. The average molecular weight is 540 g/mol. The van der Waals surface area contributed by atoms with Crippen molar-refractivity contribution >= 4 is 33.0 Å². The fourth-order valence-electron chi connectivity index (χ4n) is 6.29. The molecular weight excluding hydrogens is 512 g/mol. The van der Waals surface area contributed by atoms with Gasteiger partial charge >= 0.3 is 0 Å². The van der Waals surface area contributed by atoms with Crippen LogP contribution in [-0.4, -0.2) is 41.5 Å². The summed E-state index contributed by atoms with van der Waals surface area (Å²) >= 11 is 6.28. The molecule has 0 heterocycles. The Hall–Kier alpha value is -2.07. The predicted molar refractivity (Wildman–Crippen MR) is 130 cm³/mol. The zero-order valence-electron chi connectivity index (χ0n) is 19.6. The van der Waals surface area contributed by atoms with Gasteiger partial charge in [-0.15, -0.1) is 0 Å². The first-order valence-electron chi connectivity index (χ1n) is 12.1. The number of amides is 1. The second kappa shape index (κ2) is 9.04. The van der Waals surface area contributed by atoms with Gasteiger partial charge in [0.1, 0.15) is 0 Å². The van der Waals surface area contributed by atoms with Crippen LogP contribution in [0.15, 0.2) is 41.3 Å². The minimum absolute atomic E-state index is 0.00415. The quantitative estimate of drug-likeness (QED) is 0.498. The van der Waals surface area contributed by atoms with Crippen molar-refractivity contribution in [3.05, 3.63) is 58.6 Å². The fraction of sp³-hybridized carbons (Fsp3) is 0.500. The molecule has 194 valence electrons. The van der Waals surface area contributed by atoms with Gasteiger partial charge in [-0.3, -0.25) is 4.79 Å². The van der Waals surface area contributed by atoms with E-state index in [9.17, 15) is 32.2 Å². The van der Waals surface area contributed by atoms with E-state index in [1.807, 2.05) is 6.92 Å². The molecule has 2 aromatic carbocycles. The molecule has 36 heavy (non-hydrogen) atoms. The van der Waals surface area contributed by atoms with Crippen molar-refractivity contribution in [1.82, 2.24) is 0 Å². The number of anilines is 1. The van der Waals surface area contributed by atoms with Crippen molar-refractivity contribution in [2.24, 2.45) is 23.7 Å². The van der Waals surface area contributed by atoms with Crippen LogP contribution in [0.5, 0.6) is 0 Å². The molecule has 6 atom stereocenters. The first-order valence-corrected chi connectivity index (χ1v) is 14.1. The first kappa shape index (κ1) is 25.6. The third-order valence-corrected chi connectivity index (χ3v) is 11.0. The summed E-state index contributed by atoms with van der Waals surface area (Å²) in [6, 6.07) is 6.77. The van der Waals surface area contributed by atoms with Gasteiger partial charge in [-0.2, -0.15) is 0 Å². The summed E-state index contributed by atoms with van der Waals surface area (Å²) in [5.74, 6) is -3.45. The van der Waals surface area contributed by atoms with Gasteiger partial charge in [0.2, 0.25) is 0 Å². The first-order chi connectivity index (χ1) is 16.9. The maximum atomic E-state index is 13.7. The molecule has 5 rings (SSSR count). The van der Waals surface area contributed by atoms with E-state index in [0.717, 1.165) is 25.0 Å². The summed E-state index contributed by atoms with van der Waals surface area (Å²) in [4.78, 5) is 12.6. The van der Waals surface area contributed by atoms with Crippen molar-refractivity contribution in [2.75, 3.05) is 5.32 Å². The second-order valence-corrected chi connectivity index (χ2v) is 13.2. The van der Waals surface area contributed by atoms with E-state index in [-0.39, 0.29) is 57.7 Å². The van der Waals surface area contributed by atoms with Crippen LogP contribution in [0.1, 0.15) is 49.4 Å². The maximum Gasteiger partial charge on any atom is 0.255 e. The Balaban J connectivity index is 1.40. The summed E-state index contributed by atoms with van der Waals surface area (Å²) in [5, 5.41) is 24.0. The van der Waals surface area contributed by atoms with Crippen LogP contribution in [0.2, 0.25) is 5.02 Å². The average Bonchev–Trinajstić information content (AvgIpc) is 3.65. The second-order valence-electron chi connectivity index (χ2n) is 10.6. The van der Waals surface area contributed by atoms with Gasteiger partial charge < -0.3 is 15.5 Å². The van der Waals surface area contributed by atoms with Gasteiger partial charge in [-0.25, -0.2) is 17.2 Å². The monoisotopic (exact) mass is 539 g/mol. The number of nitrogens with one attached hydrogen (secondary N) is 1. The minimum Gasteiger partial charge on any atom is -0.390 e. The molecule has 0 radical (unpaired) electrons. The molecule has 3 saturated carbocycles. The van der Waals surface area contributed by atoms with Crippen LogP contribution in [0.25, 0.3) is 0 Å². The summed E-state index contributed by atoms with van der Waals surface area (Å²) < 4.78 is 54.1. The van der Waals surface area contributed by atoms with Crippen LogP contribution in [0.4, 0.5) is 14.5 Å². The molecule has 2 bridgehead atoms. The molecule has 3 aliphatic rings. The van der Waals surface area contributed by atoms with E-state index >= 15 is 0 Å². The molecule has 3 unspecified atom stereocenters. The molecule has 3 fully saturated rings. The Morgan fingerprint density at radius 2 is 1.83 bits per heavy atom. The number of sulfone groups is 1. The smallest absolute Gasteiger partial charge is 0.255 e. The number of fused-ring (bicyclic) bond motifs is 2. The molecule has 0 spiro atoms. The van der Waals surface area contributed by atoms with Crippen LogP contribution in [-0.2, 0) is 9.84 Å². The van der Waals surface area contributed by atoms with Gasteiger partial charge in [0, 0.05) is 17.3 Å². The molecular formula is C26H28ClF2NO5S. The molecule has 3 aliphatic carbocycles. The number of aliphatic hydroxyl groups is 2. The molecule has 0 aromatic heterocycles. The lowest BCUT2D eigenvalue weighted by atomic mass is 9.69. The maximum absolute atomic E-state index is 13.7. The number of benzene rings is 2. The normalized spacial score (nSPS) is 30.7. The highest BCUT2D eigenvalue weighted by Gasteiger charge is 2.63. The third kappa shape index (κ3) is 4.23. The Labute approximate surface area is 213 Å². The highest BCUT2D eigenvalue weighted by atomic mass is 35.5. The van der Waals surface area contributed by atoms with Gasteiger partial charge in [-0.1, -0.05) is 18.5 Å². The standard InChI is InChI=1S/C26H28ClF2NO5S/c1-13-8-16-10-18(12-19(13)26(16,33)24(31)14-2-3-14)36(34,35)23-9-15(4-6-20(23)27)25(32)30-17-5-7-21(28)22(29)11-17/h4-7,9,11,13-14,16,18-19,24,31,33H,2-3,8,10,12H2,1H3,(H,30,32)/t13-,16?,18+,19?,24?,26+/m0/s1. The zero-order valence-corrected chi connectivity index (χ0v) is 21.2. The minimum atomic E-state index is -3.98. The van der Waals surface area contributed by atoms with Gasteiger partial charge in [0.05, 0.1) is 26.9 Å². The molecule has 1 amide bonds. The lowest BCUT2D eigenvalue weighted by Gasteiger charge is -2.46. The number of halogens is 3. The van der Waals surface area contributed by atoms with Crippen LogP contribution in [0.3, 0.4) is 0 Å². The Morgan fingerprint density at radius 1 is 1.11 bits per heavy atom. The zero-order chi connectivity index (χ0) is 26.0. The van der Waals surface area contributed by atoms with Crippen molar-refractivity contribution in [3.63, 3.8) is 0 Å². The molecule has 6 nitrogen and oxygen atoms in total. The largest absolute Gasteiger partial charge is 0.390 e. The number of hydrogen-bond donors (Lipinski definition) is 3. The van der Waals surface area contributed by atoms with Crippen molar-refractivity contribution in [1.29, 1.82) is 0 Å². The van der Waals surface area contributed by atoms with Crippen molar-refractivity contribution in [3.8, 4) is 0 Å². The van der Waals surface area contributed by atoms with E-state index in [4.69, 9.17) is 11.6 Å². The Morgan fingerprint density at radius 3 is 2.47 bits per heavy atom. The van der Waals surface area contributed by atoms with Crippen molar-refractivity contribution < 1.29 is 32.2 Å². The topological polar surface area (TPSA) is 104 Å². The van der Waals surface area contributed by atoms with Crippen LogP contribution >= 0.6 is 11.6 Å². The van der Waals surface area contributed by atoms with E-state index < -0.39 is 44.3 Å². The molecule has 10 heteroatoms. The summed E-state index contributed by atoms with van der Waals surface area (Å²) in [5.41, 5.74) is -1.28. The van der Waals surface area contributed by atoms with E-state index in [1.165, 1.54) is 24.3 Å². The molecule has 0 saturated heterocycles. The molecule has 2 aromatic rings. The lowest BCUT2D eigenvalue weighted by molar-refractivity contribution is -0.152.